The van der Waals surface area contributed by atoms with Gasteiger partial charge >= 0.3 is 0 Å². The van der Waals surface area contributed by atoms with Gasteiger partial charge in [-0.1, -0.05) is 5.92 Å². The molecule has 2 aromatic carbocycles. The highest BCUT2D eigenvalue weighted by atomic mass is 19.1. The Labute approximate surface area is 172 Å². The molecular formula is C23H17FN4O2. The lowest BCUT2D eigenvalue weighted by atomic mass is 10.2. The van der Waals surface area contributed by atoms with Gasteiger partial charge in [-0.2, -0.15) is 0 Å². The van der Waals surface area contributed by atoms with Crippen LogP contribution in [0.1, 0.15) is 21.7 Å². The van der Waals surface area contributed by atoms with Gasteiger partial charge in [-0.15, -0.1) is 0 Å². The van der Waals surface area contributed by atoms with E-state index in [4.69, 9.17) is 4.74 Å². The summed E-state index contributed by atoms with van der Waals surface area (Å²) in [7, 11) is 3.35. The van der Waals surface area contributed by atoms with E-state index in [0.717, 1.165) is 11.3 Å². The number of amides is 1. The van der Waals surface area contributed by atoms with Gasteiger partial charge in [-0.3, -0.25) is 4.79 Å². The maximum absolute atomic E-state index is 13.1. The molecule has 0 spiro atoms. The first kappa shape index (κ1) is 19.2. The second-order valence-electron chi connectivity index (χ2n) is 6.49. The van der Waals surface area contributed by atoms with Crippen molar-refractivity contribution in [3.63, 3.8) is 0 Å². The van der Waals surface area contributed by atoms with Crippen LogP contribution in [0, 0.1) is 17.7 Å². The number of aromatic nitrogens is 3. The normalized spacial score (nSPS) is 10.4. The summed E-state index contributed by atoms with van der Waals surface area (Å²) < 4.78 is 19.9. The number of carbonyl (C=O) groups excluding carboxylic acids is 1. The monoisotopic (exact) mass is 400 g/mol. The molecule has 1 N–H and O–H groups in total. The molecule has 0 aliphatic heterocycles. The molecule has 0 aliphatic rings. The molecule has 6 nitrogen and oxygen atoms in total. The Bertz CT molecular complexity index is 1280. The molecule has 2 heterocycles. The quantitative estimate of drug-likeness (QED) is 0.532. The zero-order valence-electron chi connectivity index (χ0n) is 16.3. The third-order valence-electron chi connectivity index (χ3n) is 4.57. The van der Waals surface area contributed by atoms with Gasteiger partial charge in [0.25, 0.3) is 5.91 Å². The van der Waals surface area contributed by atoms with Crippen LogP contribution in [0.3, 0.4) is 0 Å². The van der Waals surface area contributed by atoms with Gasteiger partial charge in [0, 0.05) is 18.3 Å². The fraction of sp³-hybridized carbons (Fsp3) is 0.0870. The van der Waals surface area contributed by atoms with Gasteiger partial charge in [-0.05, 0) is 60.5 Å². The van der Waals surface area contributed by atoms with Crippen LogP contribution in [-0.4, -0.2) is 27.6 Å². The highest BCUT2D eigenvalue weighted by Crippen LogP contribution is 2.20. The van der Waals surface area contributed by atoms with E-state index in [-0.39, 0.29) is 11.7 Å². The SMILES string of the molecule is COc1ccc(C#Cc2ncnc3c2cc(C(=O)Nc2ccc(F)cc2)n3C)cc1. The third-order valence-corrected chi connectivity index (χ3v) is 4.57. The Balaban J connectivity index is 1.66. The number of benzene rings is 2. The number of hydrogen-bond acceptors (Lipinski definition) is 4. The second kappa shape index (κ2) is 8.05. The first-order valence-corrected chi connectivity index (χ1v) is 9.08. The minimum Gasteiger partial charge on any atom is -0.497 e. The molecule has 0 bridgehead atoms. The van der Waals surface area contributed by atoms with Crippen LogP contribution in [0.4, 0.5) is 10.1 Å². The van der Waals surface area contributed by atoms with E-state index in [1.165, 1.54) is 30.6 Å². The molecule has 0 radical (unpaired) electrons. The van der Waals surface area contributed by atoms with Crippen molar-refractivity contribution in [2.24, 2.45) is 7.05 Å². The molecular weight excluding hydrogens is 383 g/mol. The van der Waals surface area contributed by atoms with Crippen LogP contribution in [0.25, 0.3) is 11.0 Å². The highest BCUT2D eigenvalue weighted by molar-refractivity contribution is 6.06. The van der Waals surface area contributed by atoms with Gasteiger partial charge in [0.1, 0.15) is 34.9 Å². The Kier molecular flexibility index (Phi) is 5.14. The molecule has 4 rings (SSSR count). The van der Waals surface area contributed by atoms with E-state index in [0.29, 0.717) is 28.1 Å². The molecule has 30 heavy (non-hydrogen) atoms. The van der Waals surface area contributed by atoms with Crippen LogP contribution in [-0.2, 0) is 7.05 Å². The number of methoxy groups -OCH3 is 1. The van der Waals surface area contributed by atoms with Crippen molar-refractivity contribution in [3.8, 4) is 17.6 Å². The Hall–Kier alpha value is -4.18. The number of nitrogens with zero attached hydrogens (tertiary/aromatic N) is 3. The summed E-state index contributed by atoms with van der Waals surface area (Å²) in [5, 5.41) is 3.42. The number of aryl methyl sites for hydroxylation is 1. The number of hydrogen-bond donors (Lipinski definition) is 1. The van der Waals surface area contributed by atoms with Gasteiger partial charge in [0.2, 0.25) is 0 Å². The minimum absolute atomic E-state index is 0.337. The van der Waals surface area contributed by atoms with Gasteiger partial charge < -0.3 is 14.6 Å². The number of ether oxygens (including phenoxy) is 1. The number of fused-ring (bicyclic) bond motifs is 1. The Morgan fingerprint density at radius 2 is 1.80 bits per heavy atom. The van der Waals surface area contributed by atoms with Crippen molar-refractivity contribution in [3.05, 3.63) is 83.7 Å². The Morgan fingerprint density at radius 1 is 1.07 bits per heavy atom. The van der Waals surface area contributed by atoms with E-state index in [1.807, 2.05) is 24.3 Å². The average molecular weight is 400 g/mol. The predicted molar refractivity (Wildman–Crippen MR) is 112 cm³/mol. The van der Waals surface area contributed by atoms with Crippen LogP contribution >= 0.6 is 0 Å². The lowest BCUT2D eigenvalue weighted by molar-refractivity contribution is 0.101. The molecule has 7 heteroatoms. The maximum Gasteiger partial charge on any atom is 0.272 e. The summed E-state index contributed by atoms with van der Waals surface area (Å²) in [6.45, 7) is 0. The van der Waals surface area contributed by atoms with Crippen molar-refractivity contribution >= 4 is 22.6 Å². The van der Waals surface area contributed by atoms with E-state index < -0.39 is 0 Å². The summed E-state index contributed by atoms with van der Waals surface area (Å²) in [6.07, 6.45) is 1.42. The highest BCUT2D eigenvalue weighted by Gasteiger charge is 2.16. The molecule has 0 atom stereocenters. The van der Waals surface area contributed by atoms with E-state index in [1.54, 1.807) is 24.8 Å². The molecule has 4 aromatic rings. The smallest absolute Gasteiger partial charge is 0.272 e. The maximum atomic E-state index is 13.1. The van der Waals surface area contributed by atoms with Crippen molar-refractivity contribution < 1.29 is 13.9 Å². The number of nitrogens with one attached hydrogen (secondary N) is 1. The molecule has 0 fully saturated rings. The molecule has 0 unspecified atom stereocenters. The number of anilines is 1. The number of halogens is 1. The van der Waals surface area contributed by atoms with Crippen molar-refractivity contribution in [2.75, 3.05) is 12.4 Å². The van der Waals surface area contributed by atoms with Crippen LogP contribution in [0.5, 0.6) is 5.75 Å². The fourth-order valence-corrected chi connectivity index (χ4v) is 2.99. The summed E-state index contributed by atoms with van der Waals surface area (Å²) in [5.74, 6) is 6.16. The molecule has 0 aliphatic carbocycles. The number of carbonyl (C=O) groups is 1. The van der Waals surface area contributed by atoms with Gasteiger partial charge in [0.05, 0.1) is 12.5 Å². The summed E-state index contributed by atoms with van der Waals surface area (Å²) in [4.78, 5) is 21.3. The van der Waals surface area contributed by atoms with Crippen LogP contribution in [0.15, 0.2) is 60.9 Å². The lowest BCUT2D eigenvalue weighted by Gasteiger charge is -2.06. The summed E-state index contributed by atoms with van der Waals surface area (Å²) in [6, 6.07) is 14.7. The fourth-order valence-electron chi connectivity index (χ4n) is 2.99. The molecule has 148 valence electrons. The molecule has 0 saturated heterocycles. The van der Waals surface area contributed by atoms with E-state index in [9.17, 15) is 9.18 Å². The van der Waals surface area contributed by atoms with E-state index >= 15 is 0 Å². The molecule has 0 saturated carbocycles. The zero-order valence-corrected chi connectivity index (χ0v) is 16.3. The third kappa shape index (κ3) is 3.84. The van der Waals surface area contributed by atoms with E-state index in [2.05, 4.69) is 27.1 Å². The van der Waals surface area contributed by atoms with Gasteiger partial charge in [-0.25, -0.2) is 14.4 Å². The Morgan fingerprint density at radius 3 is 2.50 bits per heavy atom. The largest absolute Gasteiger partial charge is 0.497 e. The second-order valence-corrected chi connectivity index (χ2v) is 6.49. The van der Waals surface area contributed by atoms with Crippen molar-refractivity contribution in [2.45, 2.75) is 0 Å². The van der Waals surface area contributed by atoms with Crippen molar-refractivity contribution in [1.82, 2.24) is 14.5 Å². The lowest BCUT2D eigenvalue weighted by Crippen LogP contribution is -2.15. The first-order valence-electron chi connectivity index (χ1n) is 9.08. The summed E-state index contributed by atoms with van der Waals surface area (Å²) >= 11 is 0. The van der Waals surface area contributed by atoms with Crippen LogP contribution in [0.2, 0.25) is 0 Å². The predicted octanol–water partition coefficient (Wildman–Crippen LogP) is 3.77. The zero-order chi connectivity index (χ0) is 21.1. The van der Waals surface area contributed by atoms with Gasteiger partial charge in [0.15, 0.2) is 0 Å². The van der Waals surface area contributed by atoms with Crippen molar-refractivity contribution in [1.29, 1.82) is 0 Å². The average Bonchev–Trinajstić information content (AvgIpc) is 3.11. The number of rotatable bonds is 3. The van der Waals surface area contributed by atoms with Crippen LogP contribution < -0.4 is 10.1 Å². The molecule has 2 aromatic heterocycles. The topological polar surface area (TPSA) is 69.0 Å². The molecule has 1 amide bonds. The minimum atomic E-state index is -0.368. The summed E-state index contributed by atoms with van der Waals surface area (Å²) in [5.41, 5.74) is 2.81. The standard InChI is InChI=1S/C23H17FN4O2/c1-28-21(23(29)27-17-8-6-16(24)7-9-17)13-19-20(25-14-26-22(19)28)12-5-15-3-10-18(30-2)11-4-15/h3-4,6-11,13-14H,1-2H3,(H,27,29). The first-order chi connectivity index (χ1) is 14.5.